The molecule has 8 bridgehead atoms. The van der Waals surface area contributed by atoms with Crippen molar-refractivity contribution in [1.29, 1.82) is 0 Å². The van der Waals surface area contributed by atoms with Crippen molar-refractivity contribution in [3.63, 3.8) is 0 Å². The third kappa shape index (κ3) is 13.3. The molecule has 0 aromatic carbocycles. The molecule has 0 unspecified atom stereocenters. The van der Waals surface area contributed by atoms with E-state index in [9.17, 15) is 29.1 Å². The van der Waals surface area contributed by atoms with E-state index in [4.69, 9.17) is 28.9 Å². The first-order valence-corrected chi connectivity index (χ1v) is 31.4. The topological polar surface area (TPSA) is 203 Å². The highest BCUT2D eigenvalue weighted by molar-refractivity contribution is 6.13. The Hall–Kier alpha value is -7.77. The summed E-state index contributed by atoms with van der Waals surface area (Å²) in [4.78, 5) is 84.7. The number of nitrogens with one attached hydrogen (secondary N) is 2. The van der Waals surface area contributed by atoms with Gasteiger partial charge in [-0.3, -0.25) is 24.2 Å². The monoisotopic (exact) mass is 1210 g/mol. The highest BCUT2D eigenvalue weighted by Crippen LogP contribution is 2.67. The van der Waals surface area contributed by atoms with Gasteiger partial charge in [0.25, 0.3) is 0 Å². The lowest BCUT2D eigenvalue weighted by molar-refractivity contribution is -0.152. The van der Waals surface area contributed by atoms with Crippen LogP contribution in [0, 0.1) is 24.7 Å². The van der Waals surface area contributed by atoms with Crippen LogP contribution < -0.4 is 0 Å². The minimum absolute atomic E-state index is 0.00224. The molecular formula is C75H90N4O10. The smallest absolute Gasteiger partial charge is 0.340 e. The van der Waals surface area contributed by atoms with Crippen molar-refractivity contribution in [3.8, 4) is 0 Å². The molecule has 3 aromatic heterocycles. The van der Waals surface area contributed by atoms with Gasteiger partial charge in [-0.2, -0.15) is 0 Å². The Kier molecular flexibility index (Phi) is 18.6. The SMILES string of the molecule is CCC1=C(C)c2cc3[nH]c(cc4nc(c5c6[nH]c(cc1n2)c(C)c6C(=O)C5)[C@@H](CCC(=O)OC)[C@@H]4C)c(C)c3C(=O)O[C@H]1CC(C)(C)[C@]2(CC(=O)/C(C)=C/C=C/C(C)=C/C=C/C=C(C)/C=C/C=C(\C)C=C=C3C(C)(C)C[C@H](OC(C)=O)C[C@@]3(C)O)O[C@]2(C)C1. The Bertz CT molecular complexity index is 3940. The average Bonchev–Trinajstić information content (AvgIpc) is 1.51. The predicted molar refractivity (Wildman–Crippen MR) is 351 cm³/mol. The summed E-state index contributed by atoms with van der Waals surface area (Å²) in [6.07, 6.45) is 24.4. The van der Waals surface area contributed by atoms with Crippen molar-refractivity contribution < 1.29 is 48.0 Å². The van der Waals surface area contributed by atoms with Crippen LogP contribution >= 0.6 is 0 Å². The quantitative estimate of drug-likeness (QED) is 0.0289. The molecule has 3 aliphatic carbocycles. The summed E-state index contributed by atoms with van der Waals surface area (Å²) in [7, 11) is 1.39. The third-order valence-corrected chi connectivity index (χ3v) is 19.6. The van der Waals surface area contributed by atoms with Crippen molar-refractivity contribution in [1.82, 2.24) is 19.9 Å². The summed E-state index contributed by atoms with van der Waals surface area (Å²) in [5.74, 6) is -1.42. The van der Waals surface area contributed by atoms with Crippen LogP contribution in [-0.2, 0) is 39.8 Å². The van der Waals surface area contributed by atoms with Crippen LogP contribution in [0.3, 0.4) is 0 Å². The van der Waals surface area contributed by atoms with E-state index in [2.05, 4.69) is 43.4 Å². The number of aliphatic hydroxyl groups is 1. The van der Waals surface area contributed by atoms with E-state index in [1.54, 1.807) is 6.92 Å². The highest BCUT2D eigenvalue weighted by atomic mass is 16.6. The van der Waals surface area contributed by atoms with E-state index in [1.807, 2.05) is 154 Å². The van der Waals surface area contributed by atoms with Gasteiger partial charge in [-0.15, -0.1) is 5.73 Å². The largest absolute Gasteiger partial charge is 0.469 e. The van der Waals surface area contributed by atoms with E-state index in [1.165, 1.54) is 14.0 Å². The number of allylic oxidation sites excluding steroid dienone is 16. The molecule has 0 radical (unpaired) electrons. The van der Waals surface area contributed by atoms with Crippen LogP contribution in [0.25, 0.3) is 33.2 Å². The number of rotatable bonds is 17. The zero-order chi connectivity index (χ0) is 64.9. The van der Waals surface area contributed by atoms with Crippen molar-refractivity contribution in [3.05, 3.63) is 169 Å². The first-order valence-electron chi connectivity index (χ1n) is 31.4. The zero-order valence-electron chi connectivity index (χ0n) is 55.3. The lowest BCUT2D eigenvalue weighted by Gasteiger charge is -2.44. The number of carbonyl (C=O) groups is 5. The molecule has 0 spiro atoms. The van der Waals surface area contributed by atoms with Gasteiger partial charge in [0, 0.05) is 89.7 Å². The standard InChI is InChI=1S/C75H90N4O10/c1-18-53-46(6)56-36-61-66(48(8)58(77-61)34-57-47(7)54(30-32-65(83)86-17)68(78-57)55-33-62(81)67-49(9)59(79-69(55)67)35-60(53)76-56)70(84)88-52-38-72(13,14)75(74(16,40-52)89-75)41-63(82)45(5)28-22-27-43(3)24-20-19-23-42(2)25-21-26-44(4)29-31-64-71(11,12)37-51(87-50(10)80)39-73(64,15)85/h19-29,34-36,47,51-52,54,77,79,85H,18,30,32-33,37-41H2,1-17H3/b20-19+,25-21+,27-22+,42-23+,43-24+,44-26+,45-28+,56-36?,57-34?,58-34?,59-35?,60-35?,61-36?,68-55?/t31?,47-,51-,52-,54-,73+,74+,75-/m0/s1. The van der Waals surface area contributed by atoms with E-state index >= 15 is 0 Å². The lowest BCUT2D eigenvalue weighted by Crippen LogP contribution is -2.49. The van der Waals surface area contributed by atoms with Crippen LogP contribution in [0.1, 0.15) is 220 Å². The second-order valence-corrected chi connectivity index (χ2v) is 27.4. The number of aromatic nitrogens is 4. The van der Waals surface area contributed by atoms with Crippen LogP contribution in [0.4, 0.5) is 0 Å². The van der Waals surface area contributed by atoms with Gasteiger partial charge in [0.05, 0.1) is 52.0 Å². The number of fused-ring (bicyclic) bond motifs is 9. The molecule has 0 amide bonds. The number of aromatic amines is 2. The number of ketones is 2. The number of epoxide rings is 1. The number of esters is 3. The maximum absolute atomic E-state index is 15.0. The second kappa shape index (κ2) is 25.3. The number of hydrogen-bond acceptors (Lipinski definition) is 12. The number of Topliss-reactive ketones (excluding diaryl/α,β-unsaturated/α-hetero) is 2. The van der Waals surface area contributed by atoms with E-state index in [0.717, 1.165) is 72.7 Å². The molecule has 14 heteroatoms. The average molecular weight is 1210 g/mol. The number of aryl methyl sites for hydroxylation is 2. The normalized spacial score (nSPS) is 25.9. The Morgan fingerprint density at radius 1 is 0.775 bits per heavy atom. The molecule has 6 aliphatic rings. The third-order valence-electron chi connectivity index (χ3n) is 19.6. The summed E-state index contributed by atoms with van der Waals surface area (Å²) in [6, 6.07) is 5.93. The molecule has 2 saturated carbocycles. The van der Waals surface area contributed by atoms with E-state index in [0.29, 0.717) is 77.5 Å². The van der Waals surface area contributed by atoms with Crippen LogP contribution in [0.5, 0.6) is 0 Å². The van der Waals surface area contributed by atoms with Crippen LogP contribution in [0.15, 0.2) is 119 Å². The summed E-state index contributed by atoms with van der Waals surface area (Å²) in [5, 5.41) is 11.3. The van der Waals surface area contributed by atoms with Gasteiger partial charge in [-0.1, -0.05) is 113 Å². The Labute approximate surface area is 524 Å². The van der Waals surface area contributed by atoms with Gasteiger partial charge >= 0.3 is 17.9 Å². The summed E-state index contributed by atoms with van der Waals surface area (Å²) in [5.41, 5.74) is 15.7. The summed E-state index contributed by atoms with van der Waals surface area (Å²) in [6.45, 7) is 31.5. The van der Waals surface area contributed by atoms with Gasteiger partial charge in [-0.25, -0.2) is 9.78 Å². The minimum Gasteiger partial charge on any atom is -0.469 e. The number of nitrogens with zero attached hydrogens (tertiary/aromatic N) is 2. The fourth-order valence-corrected chi connectivity index (χ4v) is 14.8. The fourth-order valence-electron chi connectivity index (χ4n) is 14.8. The van der Waals surface area contributed by atoms with Gasteiger partial charge in [0.1, 0.15) is 17.8 Å². The maximum atomic E-state index is 15.0. The Morgan fingerprint density at radius 2 is 1.42 bits per heavy atom. The number of H-pyrrole nitrogens is 2. The molecule has 14 nitrogen and oxygen atoms in total. The van der Waals surface area contributed by atoms with Crippen molar-refractivity contribution >= 4 is 62.7 Å². The molecule has 3 aromatic rings. The van der Waals surface area contributed by atoms with Crippen molar-refractivity contribution in [2.75, 3.05) is 7.11 Å². The Balaban J connectivity index is 0.883. The van der Waals surface area contributed by atoms with Crippen molar-refractivity contribution in [2.24, 2.45) is 10.8 Å². The molecule has 3 N–H and O–H groups in total. The summed E-state index contributed by atoms with van der Waals surface area (Å²) >= 11 is 0. The fraction of sp³-hybridized carbons (Fsp3) is 0.467. The van der Waals surface area contributed by atoms with Gasteiger partial charge in [0.15, 0.2) is 11.6 Å². The molecule has 3 aliphatic heterocycles. The van der Waals surface area contributed by atoms with Gasteiger partial charge in [0.2, 0.25) is 0 Å². The van der Waals surface area contributed by atoms with E-state index < -0.39 is 39.7 Å². The lowest BCUT2D eigenvalue weighted by atomic mass is 9.61. The second-order valence-electron chi connectivity index (χ2n) is 27.4. The molecule has 89 heavy (non-hydrogen) atoms. The molecule has 7 atom stereocenters. The van der Waals surface area contributed by atoms with Gasteiger partial charge < -0.3 is 34.0 Å². The van der Waals surface area contributed by atoms with Gasteiger partial charge in [-0.05, 0) is 151 Å². The molecule has 1 saturated heterocycles. The molecule has 9 rings (SSSR count). The van der Waals surface area contributed by atoms with Crippen molar-refractivity contribution in [2.45, 2.75) is 209 Å². The number of ether oxygens (including phenoxy) is 4. The van der Waals surface area contributed by atoms with E-state index in [-0.39, 0.29) is 60.7 Å². The molecule has 3 fully saturated rings. The highest BCUT2D eigenvalue weighted by Gasteiger charge is 2.76. The molecule has 6 heterocycles. The zero-order valence-corrected chi connectivity index (χ0v) is 55.3. The Morgan fingerprint density at radius 3 is 2.06 bits per heavy atom. The first-order chi connectivity index (χ1) is 41.8. The number of methoxy groups -OCH3 is 1. The maximum Gasteiger partial charge on any atom is 0.340 e. The number of carbonyl (C=O) groups excluding carboxylic acids is 5. The summed E-state index contributed by atoms with van der Waals surface area (Å²) < 4.78 is 23.8. The minimum atomic E-state index is -1.14. The first kappa shape index (κ1) is 65.7. The van der Waals surface area contributed by atoms with Crippen LogP contribution in [-0.4, -0.2) is 90.6 Å². The predicted octanol–water partition coefficient (Wildman–Crippen LogP) is 15.7. The van der Waals surface area contributed by atoms with Crippen LogP contribution in [0.2, 0.25) is 0 Å². The number of hydrogen-bond donors (Lipinski definition) is 3. The molecular weight excluding hydrogens is 1120 g/mol. The molecule has 470 valence electrons.